The first-order chi connectivity index (χ1) is 9.95. The number of nitrogens with one attached hydrogen (secondary N) is 1. The van der Waals surface area contributed by atoms with Gasteiger partial charge in [0.2, 0.25) is 0 Å². The lowest BCUT2D eigenvalue weighted by molar-refractivity contribution is 0.149. The van der Waals surface area contributed by atoms with E-state index in [0.29, 0.717) is 5.41 Å². The van der Waals surface area contributed by atoms with E-state index in [1.807, 2.05) is 12.1 Å². The molecular weight excluding hydrogens is 278 g/mol. The molecule has 2 rings (SSSR count). The summed E-state index contributed by atoms with van der Waals surface area (Å²) in [7, 11) is 0. The van der Waals surface area contributed by atoms with Gasteiger partial charge >= 0.3 is 0 Å². The lowest BCUT2D eigenvalue weighted by Crippen LogP contribution is -2.31. The SMILES string of the molecule is CC(C)(C)C1CCC(CNCCc2ccc(Cl)cc2)CC1. The van der Waals surface area contributed by atoms with Crippen molar-refractivity contribution in [2.75, 3.05) is 13.1 Å². The molecule has 21 heavy (non-hydrogen) atoms. The third-order valence-corrected chi connectivity index (χ3v) is 5.26. The van der Waals surface area contributed by atoms with E-state index in [-0.39, 0.29) is 0 Å². The first-order valence-electron chi connectivity index (χ1n) is 8.40. The molecule has 1 N–H and O–H groups in total. The predicted molar refractivity (Wildman–Crippen MR) is 92.9 cm³/mol. The fourth-order valence-corrected chi connectivity index (χ4v) is 3.55. The van der Waals surface area contributed by atoms with Crippen LogP contribution in [0.25, 0.3) is 0 Å². The van der Waals surface area contributed by atoms with Crippen molar-refractivity contribution in [2.24, 2.45) is 17.3 Å². The Hall–Kier alpha value is -0.530. The second kappa shape index (κ2) is 7.65. The summed E-state index contributed by atoms with van der Waals surface area (Å²) in [4.78, 5) is 0. The predicted octanol–water partition coefficient (Wildman–Crippen LogP) is 5.32. The maximum absolute atomic E-state index is 5.90. The van der Waals surface area contributed by atoms with Crippen LogP contribution < -0.4 is 5.32 Å². The summed E-state index contributed by atoms with van der Waals surface area (Å²) in [5.74, 6) is 1.80. The summed E-state index contributed by atoms with van der Waals surface area (Å²) in [6, 6.07) is 8.20. The first kappa shape index (κ1) is 16.8. The van der Waals surface area contributed by atoms with Gasteiger partial charge in [-0.2, -0.15) is 0 Å². The number of hydrogen-bond acceptors (Lipinski definition) is 1. The van der Waals surface area contributed by atoms with Crippen LogP contribution in [0.15, 0.2) is 24.3 Å². The van der Waals surface area contributed by atoms with E-state index >= 15 is 0 Å². The monoisotopic (exact) mass is 307 g/mol. The Morgan fingerprint density at radius 3 is 2.24 bits per heavy atom. The van der Waals surface area contributed by atoms with Crippen molar-refractivity contribution in [1.82, 2.24) is 5.32 Å². The number of hydrogen-bond donors (Lipinski definition) is 1. The lowest BCUT2D eigenvalue weighted by atomic mass is 9.70. The second-order valence-corrected chi connectivity index (χ2v) is 8.10. The van der Waals surface area contributed by atoms with Crippen LogP contribution in [0.1, 0.15) is 52.0 Å². The maximum Gasteiger partial charge on any atom is 0.0406 e. The summed E-state index contributed by atoms with van der Waals surface area (Å²) in [5, 5.41) is 4.46. The molecule has 118 valence electrons. The van der Waals surface area contributed by atoms with E-state index in [9.17, 15) is 0 Å². The molecule has 1 fully saturated rings. The van der Waals surface area contributed by atoms with Crippen LogP contribution in [0.4, 0.5) is 0 Å². The zero-order chi connectivity index (χ0) is 15.3. The number of benzene rings is 1. The summed E-state index contributed by atoms with van der Waals surface area (Å²) in [6.07, 6.45) is 6.71. The molecule has 0 saturated heterocycles. The average molecular weight is 308 g/mol. The third-order valence-electron chi connectivity index (χ3n) is 5.01. The molecule has 1 aliphatic rings. The van der Waals surface area contributed by atoms with Crippen molar-refractivity contribution in [3.8, 4) is 0 Å². The molecule has 0 aromatic heterocycles. The molecule has 0 heterocycles. The Morgan fingerprint density at radius 1 is 1.05 bits per heavy atom. The molecule has 0 unspecified atom stereocenters. The maximum atomic E-state index is 5.90. The Bertz CT molecular complexity index is 410. The van der Waals surface area contributed by atoms with Gasteiger partial charge in [0.25, 0.3) is 0 Å². The van der Waals surface area contributed by atoms with Gasteiger partial charge in [0.05, 0.1) is 0 Å². The normalized spacial score (nSPS) is 23.2. The van der Waals surface area contributed by atoms with Gasteiger partial charge in [-0.15, -0.1) is 0 Å². The molecule has 0 amide bonds. The minimum absolute atomic E-state index is 0.493. The molecule has 0 spiro atoms. The van der Waals surface area contributed by atoms with Crippen molar-refractivity contribution >= 4 is 11.6 Å². The quantitative estimate of drug-likeness (QED) is 0.725. The van der Waals surface area contributed by atoms with Crippen LogP contribution in [-0.4, -0.2) is 13.1 Å². The van der Waals surface area contributed by atoms with Crippen molar-refractivity contribution < 1.29 is 0 Å². The lowest BCUT2D eigenvalue weighted by Gasteiger charge is -2.37. The minimum Gasteiger partial charge on any atom is -0.316 e. The van der Waals surface area contributed by atoms with E-state index in [4.69, 9.17) is 11.6 Å². The molecule has 0 atom stereocenters. The standard InChI is InChI=1S/C19H30ClN/c1-19(2,3)17-8-4-16(5-9-17)14-21-13-12-15-6-10-18(20)11-7-15/h6-7,10-11,16-17,21H,4-5,8-9,12-14H2,1-3H3. The Labute approximate surface area is 135 Å². The van der Waals surface area contributed by atoms with E-state index in [1.54, 1.807) is 0 Å². The van der Waals surface area contributed by atoms with Crippen LogP contribution in [0, 0.1) is 17.3 Å². The molecule has 0 radical (unpaired) electrons. The summed E-state index contributed by atoms with van der Waals surface area (Å²) < 4.78 is 0. The highest BCUT2D eigenvalue weighted by atomic mass is 35.5. The Morgan fingerprint density at radius 2 is 1.67 bits per heavy atom. The highest BCUT2D eigenvalue weighted by molar-refractivity contribution is 6.30. The van der Waals surface area contributed by atoms with Gasteiger partial charge in [0.15, 0.2) is 0 Å². The van der Waals surface area contributed by atoms with Crippen LogP contribution in [0.5, 0.6) is 0 Å². The molecule has 1 nitrogen and oxygen atoms in total. The minimum atomic E-state index is 0.493. The van der Waals surface area contributed by atoms with Crippen LogP contribution in [0.2, 0.25) is 5.02 Å². The van der Waals surface area contributed by atoms with Crippen molar-refractivity contribution in [3.05, 3.63) is 34.9 Å². The Balaban J connectivity index is 1.61. The van der Waals surface area contributed by atoms with Crippen LogP contribution in [-0.2, 0) is 6.42 Å². The molecule has 0 bridgehead atoms. The van der Waals surface area contributed by atoms with E-state index in [1.165, 1.54) is 37.8 Å². The third kappa shape index (κ3) is 5.64. The van der Waals surface area contributed by atoms with Gasteiger partial charge in [-0.25, -0.2) is 0 Å². The number of halogens is 1. The highest BCUT2D eigenvalue weighted by Gasteiger charge is 2.29. The average Bonchev–Trinajstić information content (AvgIpc) is 2.45. The summed E-state index contributed by atoms with van der Waals surface area (Å²) in [6.45, 7) is 9.43. The van der Waals surface area contributed by atoms with Crippen molar-refractivity contribution in [1.29, 1.82) is 0 Å². The largest absolute Gasteiger partial charge is 0.316 e. The van der Waals surface area contributed by atoms with E-state index < -0.39 is 0 Å². The van der Waals surface area contributed by atoms with Crippen LogP contribution in [0.3, 0.4) is 0 Å². The van der Waals surface area contributed by atoms with Crippen LogP contribution >= 0.6 is 11.6 Å². The molecule has 1 saturated carbocycles. The van der Waals surface area contributed by atoms with Gasteiger partial charge in [-0.1, -0.05) is 44.5 Å². The summed E-state index contributed by atoms with van der Waals surface area (Å²) in [5.41, 5.74) is 1.86. The molecule has 1 aromatic carbocycles. The Kier molecular flexibility index (Phi) is 6.13. The fraction of sp³-hybridized carbons (Fsp3) is 0.684. The zero-order valence-corrected chi connectivity index (χ0v) is 14.5. The van der Waals surface area contributed by atoms with Crippen molar-refractivity contribution in [2.45, 2.75) is 52.9 Å². The van der Waals surface area contributed by atoms with Gasteiger partial charge in [0.1, 0.15) is 0 Å². The van der Waals surface area contributed by atoms with Gasteiger partial charge in [0, 0.05) is 5.02 Å². The molecule has 2 heteroatoms. The fourth-order valence-electron chi connectivity index (χ4n) is 3.42. The van der Waals surface area contributed by atoms with E-state index in [2.05, 4.69) is 38.2 Å². The van der Waals surface area contributed by atoms with Crippen molar-refractivity contribution in [3.63, 3.8) is 0 Å². The molecule has 1 aromatic rings. The van der Waals surface area contributed by atoms with Gasteiger partial charge in [-0.05, 0) is 80.1 Å². The number of rotatable bonds is 5. The smallest absolute Gasteiger partial charge is 0.0406 e. The van der Waals surface area contributed by atoms with Gasteiger partial charge in [-0.3, -0.25) is 0 Å². The first-order valence-corrected chi connectivity index (χ1v) is 8.78. The molecule has 1 aliphatic carbocycles. The highest BCUT2D eigenvalue weighted by Crippen LogP contribution is 2.39. The molecule has 0 aliphatic heterocycles. The van der Waals surface area contributed by atoms with Gasteiger partial charge < -0.3 is 5.32 Å². The second-order valence-electron chi connectivity index (χ2n) is 7.66. The summed E-state index contributed by atoms with van der Waals surface area (Å²) >= 11 is 5.90. The van der Waals surface area contributed by atoms with E-state index in [0.717, 1.165) is 29.8 Å². The zero-order valence-electron chi connectivity index (χ0n) is 13.8. The molecular formula is C19H30ClN. The topological polar surface area (TPSA) is 12.0 Å².